The average molecular weight is 219 g/mol. The number of halogens is 1. The second kappa shape index (κ2) is 3.77. The first-order chi connectivity index (χ1) is 7.20. The number of hydrogen-bond acceptors (Lipinski definition) is 2. The molecule has 0 fully saturated rings. The number of fused-ring (bicyclic) bond motifs is 1. The van der Waals surface area contributed by atoms with Crippen molar-refractivity contribution in [2.45, 2.75) is 6.92 Å². The molecule has 0 atom stereocenters. The van der Waals surface area contributed by atoms with Gasteiger partial charge in [0.1, 0.15) is 5.15 Å². The van der Waals surface area contributed by atoms with E-state index >= 15 is 0 Å². The van der Waals surface area contributed by atoms with E-state index in [1.54, 1.807) is 6.07 Å². The van der Waals surface area contributed by atoms with Crippen LogP contribution >= 0.6 is 11.6 Å². The minimum absolute atomic E-state index is 0.328. The largest absolute Gasteiger partial charge is 0.236 e. The first-order valence-electron chi connectivity index (χ1n) is 4.33. The van der Waals surface area contributed by atoms with Gasteiger partial charge in [-0.15, -0.1) is 0 Å². The standard InChI is InChI=1S/C10H7ClN4/c1-6-2-3-8-7(4-6)9(14-15-12)5-10(11)13-8/h2-5H,1H3. The molecule has 1 heterocycles. The number of nitrogens with zero attached hydrogens (tertiary/aromatic N) is 4. The maximum Gasteiger partial charge on any atom is 0.130 e. The Labute approximate surface area is 91.1 Å². The monoisotopic (exact) mass is 218 g/mol. The van der Waals surface area contributed by atoms with Gasteiger partial charge in [-0.2, -0.15) is 0 Å². The molecule has 0 saturated carbocycles. The molecular weight excluding hydrogens is 212 g/mol. The molecule has 15 heavy (non-hydrogen) atoms. The number of pyridine rings is 1. The fourth-order valence-corrected chi connectivity index (χ4v) is 1.62. The van der Waals surface area contributed by atoms with E-state index in [1.165, 1.54) is 0 Å². The zero-order chi connectivity index (χ0) is 10.8. The molecular formula is C10H7ClN4. The van der Waals surface area contributed by atoms with Gasteiger partial charge in [0, 0.05) is 16.0 Å². The molecule has 0 spiro atoms. The Balaban J connectivity index is 2.87. The van der Waals surface area contributed by atoms with Crippen molar-refractivity contribution in [2.75, 3.05) is 0 Å². The van der Waals surface area contributed by atoms with Crippen molar-refractivity contribution in [3.63, 3.8) is 0 Å². The van der Waals surface area contributed by atoms with E-state index in [-0.39, 0.29) is 0 Å². The van der Waals surface area contributed by atoms with Crippen LogP contribution in [0.1, 0.15) is 5.56 Å². The summed E-state index contributed by atoms with van der Waals surface area (Å²) in [5, 5.41) is 4.74. The summed E-state index contributed by atoms with van der Waals surface area (Å²) in [6.07, 6.45) is 0. The lowest BCUT2D eigenvalue weighted by Gasteiger charge is -2.02. The molecule has 2 rings (SSSR count). The van der Waals surface area contributed by atoms with E-state index in [0.29, 0.717) is 10.8 Å². The highest BCUT2D eigenvalue weighted by Crippen LogP contribution is 2.28. The Hall–Kier alpha value is -1.77. The van der Waals surface area contributed by atoms with E-state index in [4.69, 9.17) is 17.1 Å². The predicted octanol–water partition coefficient (Wildman–Crippen LogP) is 4.14. The third kappa shape index (κ3) is 1.86. The van der Waals surface area contributed by atoms with Crippen LogP contribution in [0, 0.1) is 6.92 Å². The van der Waals surface area contributed by atoms with Gasteiger partial charge in [-0.25, -0.2) is 4.98 Å². The highest BCUT2D eigenvalue weighted by atomic mass is 35.5. The van der Waals surface area contributed by atoms with Crippen molar-refractivity contribution in [1.82, 2.24) is 4.98 Å². The van der Waals surface area contributed by atoms with Crippen LogP contribution in [0.4, 0.5) is 5.69 Å². The normalized spacial score (nSPS) is 10.0. The molecule has 0 aliphatic rings. The van der Waals surface area contributed by atoms with Crippen LogP contribution in [0.5, 0.6) is 0 Å². The SMILES string of the molecule is Cc1ccc2nc(Cl)cc(N=[N+]=[N-])c2c1. The molecule has 0 aliphatic heterocycles. The molecule has 1 aromatic heterocycles. The van der Waals surface area contributed by atoms with Crippen LogP contribution in [-0.2, 0) is 0 Å². The summed E-state index contributed by atoms with van der Waals surface area (Å²) in [5.41, 5.74) is 10.8. The van der Waals surface area contributed by atoms with Crippen molar-refractivity contribution in [2.24, 2.45) is 5.11 Å². The Morgan fingerprint density at radius 3 is 2.93 bits per heavy atom. The van der Waals surface area contributed by atoms with Crippen LogP contribution in [0.3, 0.4) is 0 Å². The second-order valence-corrected chi connectivity index (χ2v) is 3.56. The molecule has 0 N–H and O–H groups in total. The third-order valence-corrected chi connectivity index (χ3v) is 2.26. The molecule has 1 aromatic carbocycles. The Bertz CT molecular complexity index is 573. The van der Waals surface area contributed by atoms with Crippen LogP contribution in [-0.4, -0.2) is 4.98 Å². The van der Waals surface area contributed by atoms with E-state index in [1.807, 2.05) is 25.1 Å². The number of aryl methyl sites for hydroxylation is 1. The smallest absolute Gasteiger partial charge is 0.130 e. The number of hydrogen-bond donors (Lipinski definition) is 0. The molecule has 0 radical (unpaired) electrons. The summed E-state index contributed by atoms with van der Waals surface area (Å²) in [5.74, 6) is 0. The van der Waals surface area contributed by atoms with Gasteiger partial charge in [0.25, 0.3) is 0 Å². The molecule has 0 bridgehead atoms. The summed E-state index contributed by atoms with van der Waals surface area (Å²) in [6.45, 7) is 1.97. The fraction of sp³-hybridized carbons (Fsp3) is 0.100. The van der Waals surface area contributed by atoms with Gasteiger partial charge in [-0.05, 0) is 30.7 Å². The van der Waals surface area contributed by atoms with Gasteiger partial charge in [0.15, 0.2) is 0 Å². The van der Waals surface area contributed by atoms with Crippen LogP contribution in [0.2, 0.25) is 5.15 Å². The molecule has 0 aliphatic carbocycles. The van der Waals surface area contributed by atoms with Gasteiger partial charge in [0.05, 0.1) is 5.52 Å². The summed E-state index contributed by atoms with van der Waals surface area (Å²) in [6, 6.07) is 7.27. The van der Waals surface area contributed by atoms with Crippen molar-refractivity contribution in [3.05, 3.63) is 45.4 Å². The van der Waals surface area contributed by atoms with Crippen LogP contribution in [0.25, 0.3) is 21.3 Å². The summed E-state index contributed by atoms with van der Waals surface area (Å²) in [7, 11) is 0. The second-order valence-electron chi connectivity index (χ2n) is 3.17. The number of benzene rings is 1. The zero-order valence-corrected chi connectivity index (χ0v) is 8.73. The molecule has 2 aromatic rings. The van der Waals surface area contributed by atoms with Gasteiger partial charge < -0.3 is 0 Å². The molecule has 5 heteroatoms. The summed E-state index contributed by atoms with van der Waals surface area (Å²) >= 11 is 5.80. The van der Waals surface area contributed by atoms with Crippen LogP contribution in [0.15, 0.2) is 29.4 Å². The number of aromatic nitrogens is 1. The quantitative estimate of drug-likeness (QED) is 0.307. The summed E-state index contributed by atoms with van der Waals surface area (Å²) < 4.78 is 0. The maximum absolute atomic E-state index is 8.43. The average Bonchev–Trinajstić information content (AvgIpc) is 2.19. The lowest BCUT2D eigenvalue weighted by molar-refractivity contribution is 1.37. The highest BCUT2D eigenvalue weighted by molar-refractivity contribution is 6.30. The highest BCUT2D eigenvalue weighted by Gasteiger charge is 2.03. The predicted molar refractivity (Wildman–Crippen MR) is 60.3 cm³/mol. The lowest BCUT2D eigenvalue weighted by Crippen LogP contribution is -1.81. The zero-order valence-electron chi connectivity index (χ0n) is 7.98. The topological polar surface area (TPSA) is 61.7 Å². The Morgan fingerprint density at radius 1 is 1.40 bits per heavy atom. The number of azide groups is 1. The molecule has 0 saturated heterocycles. The fourth-order valence-electron chi connectivity index (χ4n) is 1.42. The van der Waals surface area contributed by atoms with Crippen molar-refractivity contribution < 1.29 is 0 Å². The maximum atomic E-state index is 8.43. The van der Waals surface area contributed by atoms with E-state index in [9.17, 15) is 0 Å². The minimum atomic E-state index is 0.328. The van der Waals surface area contributed by atoms with Gasteiger partial charge in [0.2, 0.25) is 0 Å². The number of rotatable bonds is 1. The van der Waals surface area contributed by atoms with Gasteiger partial charge in [-0.3, -0.25) is 0 Å². The third-order valence-electron chi connectivity index (χ3n) is 2.06. The van der Waals surface area contributed by atoms with Gasteiger partial charge >= 0.3 is 0 Å². The van der Waals surface area contributed by atoms with Crippen molar-refractivity contribution in [1.29, 1.82) is 0 Å². The molecule has 74 valence electrons. The van der Waals surface area contributed by atoms with Crippen molar-refractivity contribution in [3.8, 4) is 0 Å². The summed E-state index contributed by atoms with van der Waals surface area (Å²) in [4.78, 5) is 6.91. The van der Waals surface area contributed by atoms with Crippen LogP contribution < -0.4 is 0 Å². The van der Waals surface area contributed by atoms with Crippen molar-refractivity contribution >= 4 is 28.2 Å². The molecule has 0 amide bonds. The first-order valence-corrected chi connectivity index (χ1v) is 4.70. The van der Waals surface area contributed by atoms with Gasteiger partial charge in [-0.1, -0.05) is 28.3 Å². The Morgan fingerprint density at radius 2 is 2.20 bits per heavy atom. The van der Waals surface area contributed by atoms with E-state index in [2.05, 4.69) is 15.0 Å². The lowest BCUT2D eigenvalue weighted by atomic mass is 10.1. The van der Waals surface area contributed by atoms with E-state index in [0.717, 1.165) is 16.5 Å². The first kappa shape index (κ1) is 9.77. The van der Waals surface area contributed by atoms with E-state index < -0.39 is 0 Å². The minimum Gasteiger partial charge on any atom is -0.236 e. The molecule has 4 nitrogen and oxygen atoms in total. The molecule has 0 unspecified atom stereocenters. The Kier molecular flexibility index (Phi) is 2.46.